The molecule has 1 N–H and O–H groups in total. The van der Waals surface area contributed by atoms with Gasteiger partial charge in [-0.15, -0.1) is 5.10 Å². The number of imide groups is 2. The molecule has 10 nitrogen and oxygen atoms in total. The van der Waals surface area contributed by atoms with Crippen molar-refractivity contribution in [2.75, 3.05) is 7.11 Å². The number of aromatic nitrogens is 3. The average molecular weight is 473 g/mol. The number of nitrogens with zero attached hydrogens (tertiary/aromatic N) is 4. The molecule has 5 rings (SSSR count). The van der Waals surface area contributed by atoms with E-state index >= 15 is 0 Å². The van der Waals surface area contributed by atoms with Crippen LogP contribution in [0.5, 0.6) is 5.75 Å². The SMILES string of the molecule is COc1ccc(C)cc1[C@@H](C)n1cc(-c2ccc3c(c2)C(=O)N(C2CCC(=O)NC2=O)C3=O)nn1. The Labute approximate surface area is 200 Å². The average Bonchev–Trinajstić information content (AvgIpc) is 3.43. The van der Waals surface area contributed by atoms with E-state index in [-0.39, 0.29) is 30.0 Å². The summed E-state index contributed by atoms with van der Waals surface area (Å²) in [7, 11) is 1.62. The van der Waals surface area contributed by atoms with E-state index in [1.54, 1.807) is 36.2 Å². The number of benzene rings is 2. The van der Waals surface area contributed by atoms with Crippen molar-refractivity contribution in [2.45, 2.75) is 38.8 Å². The third-order valence-electron chi connectivity index (χ3n) is 6.48. The van der Waals surface area contributed by atoms with Gasteiger partial charge in [0, 0.05) is 17.5 Å². The van der Waals surface area contributed by atoms with Gasteiger partial charge in [-0.25, -0.2) is 4.68 Å². The monoisotopic (exact) mass is 473 g/mol. The molecular formula is C25H23N5O5. The van der Waals surface area contributed by atoms with E-state index < -0.39 is 29.7 Å². The van der Waals surface area contributed by atoms with Crippen molar-refractivity contribution in [3.8, 4) is 17.0 Å². The van der Waals surface area contributed by atoms with Gasteiger partial charge in [-0.2, -0.15) is 0 Å². The van der Waals surface area contributed by atoms with Crippen molar-refractivity contribution in [2.24, 2.45) is 0 Å². The van der Waals surface area contributed by atoms with Gasteiger partial charge in [0.15, 0.2) is 0 Å². The van der Waals surface area contributed by atoms with Crippen molar-refractivity contribution in [1.82, 2.24) is 25.2 Å². The number of methoxy groups -OCH3 is 1. The number of rotatable bonds is 5. The topological polar surface area (TPSA) is 123 Å². The van der Waals surface area contributed by atoms with E-state index in [0.29, 0.717) is 11.3 Å². The highest BCUT2D eigenvalue weighted by Crippen LogP contribution is 2.32. The number of hydrogen-bond acceptors (Lipinski definition) is 7. The number of amides is 4. The minimum absolute atomic E-state index is 0.0715. The van der Waals surface area contributed by atoms with Crippen LogP contribution in [0.25, 0.3) is 11.3 Å². The third kappa shape index (κ3) is 3.76. The van der Waals surface area contributed by atoms with Crippen LogP contribution in [0, 0.1) is 6.92 Å². The van der Waals surface area contributed by atoms with E-state index in [0.717, 1.165) is 21.8 Å². The van der Waals surface area contributed by atoms with Gasteiger partial charge in [-0.05, 0) is 38.5 Å². The van der Waals surface area contributed by atoms with Gasteiger partial charge in [-0.1, -0.05) is 29.0 Å². The smallest absolute Gasteiger partial charge is 0.262 e. The number of aryl methyl sites for hydroxylation is 1. The second kappa shape index (κ2) is 8.46. The van der Waals surface area contributed by atoms with Crippen molar-refractivity contribution in [3.05, 3.63) is 64.8 Å². The van der Waals surface area contributed by atoms with Crippen molar-refractivity contribution in [3.63, 3.8) is 0 Å². The molecule has 0 spiro atoms. The quantitative estimate of drug-likeness (QED) is 0.564. The Balaban J connectivity index is 1.43. The van der Waals surface area contributed by atoms with E-state index in [4.69, 9.17) is 4.74 Å². The number of carbonyl (C=O) groups excluding carboxylic acids is 4. The molecule has 1 saturated heterocycles. The van der Waals surface area contributed by atoms with Crippen LogP contribution in [0.3, 0.4) is 0 Å². The molecule has 0 aliphatic carbocycles. The molecule has 10 heteroatoms. The van der Waals surface area contributed by atoms with Crippen LogP contribution in [-0.4, -0.2) is 56.7 Å². The Bertz CT molecular complexity index is 1390. The standard InChI is InChI=1S/C25H23N5O5/c1-13-4-8-21(35-3)17(10-13)14(2)29-12-19(27-28-29)15-5-6-16-18(11-15)25(34)30(24(16)33)20-7-9-22(31)26-23(20)32/h4-6,8,10-12,14,20H,7,9H2,1-3H3,(H,26,31,32)/t14-,20?/m1/s1. The largest absolute Gasteiger partial charge is 0.496 e. The fourth-order valence-corrected chi connectivity index (χ4v) is 4.55. The number of fused-ring (bicyclic) bond motifs is 1. The normalized spacial score (nSPS) is 18.5. The van der Waals surface area contributed by atoms with E-state index in [9.17, 15) is 19.2 Å². The van der Waals surface area contributed by atoms with Gasteiger partial charge < -0.3 is 4.74 Å². The van der Waals surface area contributed by atoms with Crippen molar-refractivity contribution in [1.29, 1.82) is 0 Å². The van der Waals surface area contributed by atoms with Crippen LogP contribution >= 0.6 is 0 Å². The molecule has 3 aromatic rings. The Morgan fingerprint density at radius 1 is 1.06 bits per heavy atom. The van der Waals surface area contributed by atoms with Crippen LogP contribution in [0.2, 0.25) is 0 Å². The second-order valence-corrected chi connectivity index (χ2v) is 8.71. The summed E-state index contributed by atoms with van der Waals surface area (Å²) in [4.78, 5) is 50.7. The zero-order valence-electron chi connectivity index (χ0n) is 19.4. The predicted molar refractivity (Wildman–Crippen MR) is 124 cm³/mol. The first kappa shape index (κ1) is 22.5. The highest BCUT2D eigenvalue weighted by atomic mass is 16.5. The fraction of sp³-hybridized carbons (Fsp3) is 0.280. The summed E-state index contributed by atoms with van der Waals surface area (Å²) in [6, 6.07) is 9.61. The molecule has 35 heavy (non-hydrogen) atoms. The molecule has 2 aromatic carbocycles. The molecule has 4 amide bonds. The summed E-state index contributed by atoms with van der Waals surface area (Å²) < 4.78 is 7.21. The number of nitrogens with one attached hydrogen (secondary N) is 1. The minimum atomic E-state index is -1.01. The molecule has 2 aliphatic heterocycles. The summed E-state index contributed by atoms with van der Waals surface area (Å²) in [5, 5.41) is 10.7. The maximum absolute atomic E-state index is 13.1. The lowest BCUT2D eigenvalue weighted by Gasteiger charge is -2.27. The van der Waals surface area contributed by atoms with Crippen molar-refractivity contribution < 1.29 is 23.9 Å². The molecule has 2 aliphatic rings. The van der Waals surface area contributed by atoms with Gasteiger partial charge in [0.25, 0.3) is 11.8 Å². The van der Waals surface area contributed by atoms with E-state index in [2.05, 4.69) is 15.6 Å². The molecule has 1 fully saturated rings. The second-order valence-electron chi connectivity index (χ2n) is 8.71. The van der Waals surface area contributed by atoms with Crippen molar-refractivity contribution >= 4 is 23.6 Å². The summed E-state index contributed by atoms with van der Waals surface area (Å²) in [5.74, 6) is -1.41. The highest BCUT2D eigenvalue weighted by Gasteiger charge is 2.44. The van der Waals surface area contributed by atoms with Crippen LogP contribution in [0.15, 0.2) is 42.6 Å². The van der Waals surface area contributed by atoms with Gasteiger partial charge in [0.05, 0.1) is 30.5 Å². The van der Waals surface area contributed by atoms with Gasteiger partial charge >= 0.3 is 0 Å². The predicted octanol–water partition coefficient (Wildman–Crippen LogP) is 2.27. The zero-order chi connectivity index (χ0) is 24.9. The molecule has 2 atom stereocenters. The number of hydrogen-bond donors (Lipinski definition) is 1. The molecule has 0 saturated carbocycles. The number of ether oxygens (including phenoxy) is 1. The first-order valence-corrected chi connectivity index (χ1v) is 11.2. The van der Waals surface area contributed by atoms with Crippen LogP contribution in [0.4, 0.5) is 0 Å². The first-order chi connectivity index (χ1) is 16.8. The Hall–Kier alpha value is -4.34. The molecular weight excluding hydrogens is 450 g/mol. The maximum atomic E-state index is 13.1. The Kier molecular flexibility index (Phi) is 5.43. The van der Waals surface area contributed by atoms with Crippen LogP contribution in [0.1, 0.15) is 57.7 Å². The van der Waals surface area contributed by atoms with Crippen LogP contribution in [-0.2, 0) is 9.59 Å². The molecule has 178 valence electrons. The first-order valence-electron chi connectivity index (χ1n) is 11.2. The molecule has 0 bridgehead atoms. The lowest BCUT2D eigenvalue weighted by molar-refractivity contribution is -0.136. The fourth-order valence-electron chi connectivity index (χ4n) is 4.55. The molecule has 3 heterocycles. The minimum Gasteiger partial charge on any atom is -0.496 e. The highest BCUT2D eigenvalue weighted by molar-refractivity contribution is 6.23. The summed E-state index contributed by atoms with van der Waals surface area (Å²) in [5.41, 5.74) is 3.61. The number of piperidine rings is 1. The van der Waals surface area contributed by atoms with Crippen LogP contribution < -0.4 is 10.1 Å². The maximum Gasteiger partial charge on any atom is 0.262 e. The summed E-state index contributed by atoms with van der Waals surface area (Å²) in [6.45, 7) is 3.99. The Morgan fingerprint density at radius 3 is 2.57 bits per heavy atom. The lowest BCUT2D eigenvalue weighted by atomic mass is 10.0. The van der Waals surface area contributed by atoms with Gasteiger partial charge in [-0.3, -0.25) is 29.4 Å². The summed E-state index contributed by atoms with van der Waals surface area (Å²) in [6.07, 6.45) is 1.95. The Morgan fingerprint density at radius 2 is 1.83 bits per heavy atom. The lowest BCUT2D eigenvalue weighted by Crippen LogP contribution is -2.54. The third-order valence-corrected chi connectivity index (χ3v) is 6.48. The zero-order valence-corrected chi connectivity index (χ0v) is 19.4. The summed E-state index contributed by atoms with van der Waals surface area (Å²) >= 11 is 0. The van der Waals surface area contributed by atoms with E-state index in [1.807, 2.05) is 32.0 Å². The molecule has 1 unspecified atom stereocenters. The van der Waals surface area contributed by atoms with Gasteiger partial charge in [0.1, 0.15) is 17.5 Å². The molecule has 1 aromatic heterocycles. The number of carbonyl (C=O) groups is 4. The van der Waals surface area contributed by atoms with E-state index in [1.165, 1.54) is 0 Å². The molecule has 0 radical (unpaired) electrons. The van der Waals surface area contributed by atoms with Gasteiger partial charge in [0.2, 0.25) is 11.8 Å².